The SMILES string of the molecule is C[N+]1(C)CCNCC1.O=[N+]([O-])[O-]. The topological polar surface area (TPSA) is 78.2 Å². The van der Waals surface area contributed by atoms with Gasteiger partial charge in [0.25, 0.3) is 0 Å². The summed E-state index contributed by atoms with van der Waals surface area (Å²) in [7, 11) is 4.56. The van der Waals surface area contributed by atoms with E-state index in [0.717, 1.165) is 0 Å². The fraction of sp³-hybridized carbons (Fsp3) is 1.00. The Morgan fingerprint density at radius 3 is 1.75 bits per heavy atom. The Labute approximate surface area is 71.5 Å². The first-order valence-electron chi connectivity index (χ1n) is 3.78. The highest BCUT2D eigenvalue weighted by atomic mass is 16.9. The third kappa shape index (κ3) is 7.23. The maximum absolute atomic E-state index is 8.25. The molecule has 1 aliphatic rings. The lowest BCUT2D eigenvalue weighted by Crippen LogP contribution is -2.53. The van der Waals surface area contributed by atoms with Gasteiger partial charge < -0.3 is 25.1 Å². The summed E-state index contributed by atoms with van der Waals surface area (Å²) in [6.45, 7) is 4.93. The van der Waals surface area contributed by atoms with Crippen molar-refractivity contribution < 1.29 is 9.57 Å². The van der Waals surface area contributed by atoms with Gasteiger partial charge in [-0.05, 0) is 0 Å². The molecule has 0 aliphatic carbocycles. The van der Waals surface area contributed by atoms with E-state index < -0.39 is 5.09 Å². The van der Waals surface area contributed by atoms with Crippen LogP contribution in [0.2, 0.25) is 0 Å². The predicted octanol–water partition coefficient (Wildman–Crippen LogP) is -0.573. The number of hydrogen-bond acceptors (Lipinski definition) is 4. The molecule has 0 aromatic heterocycles. The van der Waals surface area contributed by atoms with Crippen LogP contribution in [0, 0.1) is 15.3 Å². The summed E-state index contributed by atoms with van der Waals surface area (Å²) in [6.07, 6.45) is 0. The molecule has 1 rings (SSSR count). The van der Waals surface area contributed by atoms with Gasteiger partial charge in [0.05, 0.1) is 32.3 Å². The Bertz CT molecular complexity index is 137. The number of likely N-dealkylation sites (N-methyl/N-ethyl adjacent to an activating group) is 1. The van der Waals surface area contributed by atoms with Gasteiger partial charge in [-0.15, -0.1) is 0 Å². The van der Waals surface area contributed by atoms with E-state index in [-0.39, 0.29) is 0 Å². The van der Waals surface area contributed by atoms with Gasteiger partial charge >= 0.3 is 0 Å². The molecular formula is C6H15N3O3. The highest BCUT2D eigenvalue weighted by Crippen LogP contribution is 1.96. The smallest absolute Gasteiger partial charge is 0.0909 e. The zero-order valence-corrected chi connectivity index (χ0v) is 7.45. The minimum Gasteiger partial charge on any atom is -0.356 e. The molecule has 12 heavy (non-hydrogen) atoms. The number of nitrogens with one attached hydrogen (secondary N) is 1. The largest absolute Gasteiger partial charge is 0.356 e. The van der Waals surface area contributed by atoms with Crippen LogP contribution in [0.1, 0.15) is 0 Å². The summed E-state index contributed by atoms with van der Waals surface area (Å²) < 4.78 is 1.19. The Balaban J connectivity index is 0.000000261. The number of quaternary nitrogens is 1. The van der Waals surface area contributed by atoms with Crippen LogP contribution in [0.5, 0.6) is 0 Å². The van der Waals surface area contributed by atoms with Crippen LogP contribution in [-0.2, 0) is 0 Å². The van der Waals surface area contributed by atoms with E-state index in [4.69, 9.17) is 15.3 Å². The van der Waals surface area contributed by atoms with Crippen LogP contribution in [0.25, 0.3) is 0 Å². The second kappa shape index (κ2) is 4.89. The molecule has 0 spiro atoms. The van der Waals surface area contributed by atoms with Crippen LogP contribution in [0.15, 0.2) is 0 Å². The Morgan fingerprint density at radius 1 is 1.25 bits per heavy atom. The normalized spacial score (nSPS) is 20.5. The molecule has 6 nitrogen and oxygen atoms in total. The van der Waals surface area contributed by atoms with Crippen molar-refractivity contribution in [3.8, 4) is 0 Å². The number of hydrogen-bond donors (Lipinski definition) is 1. The number of piperazine rings is 1. The van der Waals surface area contributed by atoms with Gasteiger partial charge in [-0.2, -0.15) is 0 Å². The highest BCUT2D eigenvalue weighted by molar-refractivity contribution is 4.51. The van der Waals surface area contributed by atoms with Crippen molar-refractivity contribution in [2.24, 2.45) is 0 Å². The molecule has 0 atom stereocenters. The van der Waals surface area contributed by atoms with E-state index in [0.29, 0.717) is 0 Å². The van der Waals surface area contributed by atoms with E-state index in [9.17, 15) is 0 Å². The molecule has 1 heterocycles. The summed E-state index contributed by atoms with van der Waals surface area (Å²) in [5, 5.41) is 18.1. The van der Waals surface area contributed by atoms with Gasteiger partial charge in [-0.25, -0.2) is 0 Å². The zero-order chi connectivity index (χ0) is 9.61. The van der Waals surface area contributed by atoms with Crippen LogP contribution in [-0.4, -0.2) is 49.8 Å². The minimum atomic E-state index is -1.75. The van der Waals surface area contributed by atoms with Crippen LogP contribution in [0.4, 0.5) is 0 Å². The molecule has 72 valence electrons. The monoisotopic (exact) mass is 177 g/mol. The van der Waals surface area contributed by atoms with Gasteiger partial charge in [0.15, 0.2) is 0 Å². The molecule has 1 fully saturated rings. The first-order valence-corrected chi connectivity index (χ1v) is 3.78. The second-order valence-corrected chi connectivity index (χ2v) is 3.36. The number of rotatable bonds is 0. The average Bonchev–Trinajstić information content (AvgIpc) is 1.85. The van der Waals surface area contributed by atoms with E-state index in [1.807, 2.05) is 0 Å². The molecule has 1 aliphatic heterocycles. The van der Waals surface area contributed by atoms with E-state index in [1.165, 1.54) is 30.7 Å². The molecule has 0 unspecified atom stereocenters. The minimum absolute atomic E-state index is 1.19. The van der Waals surface area contributed by atoms with Gasteiger partial charge in [0, 0.05) is 13.1 Å². The first-order chi connectivity index (χ1) is 5.44. The third-order valence-corrected chi connectivity index (χ3v) is 1.79. The van der Waals surface area contributed by atoms with E-state index >= 15 is 0 Å². The summed E-state index contributed by atoms with van der Waals surface area (Å²) in [4.78, 5) is 8.25. The van der Waals surface area contributed by atoms with Crippen LogP contribution < -0.4 is 5.32 Å². The molecular weight excluding hydrogens is 162 g/mol. The maximum atomic E-state index is 8.25. The van der Waals surface area contributed by atoms with Gasteiger partial charge in [-0.3, -0.25) is 0 Å². The Hall–Kier alpha value is -0.880. The molecule has 1 saturated heterocycles. The Morgan fingerprint density at radius 2 is 1.58 bits per heavy atom. The summed E-state index contributed by atoms with van der Waals surface area (Å²) in [5.74, 6) is 0. The van der Waals surface area contributed by atoms with E-state index in [2.05, 4.69) is 19.4 Å². The average molecular weight is 177 g/mol. The van der Waals surface area contributed by atoms with Crippen molar-refractivity contribution in [2.75, 3.05) is 40.3 Å². The summed E-state index contributed by atoms with van der Waals surface area (Å²) in [5.41, 5.74) is 0. The van der Waals surface area contributed by atoms with Crippen LogP contribution >= 0.6 is 0 Å². The first kappa shape index (κ1) is 11.1. The summed E-state index contributed by atoms with van der Waals surface area (Å²) in [6, 6.07) is 0. The standard InChI is InChI=1S/C6H15N2.NO3/c1-8(2)5-3-7-4-6-8;2-1(3)4/h7H,3-6H2,1-2H3;/q+1;-1. The molecule has 0 bridgehead atoms. The fourth-order valence-corrected chi connectivity index (χ4v) is 1.00. The lowest BCUT2D eigenvalue weighted by molar-refractivity contribution is -0.891. The summed E-state index contributed by atoms with van der Waals surface area (Å²) >= 11 is 0. The van der Waals surface area contributed by atoms with Gasteiger partial charge in [0.2, 0.25) is 0 Å². The van der Waals surface area contributed by atoms with Crippen molar-refractivity contribution in [2.45, 2.75) is 0 Å². The lowest BCUT2D eigenvalue weighted by Gasteiger charge is -2.33. The molecule has 0 saturated carbocycles. The molecule has 0 amide bonds. The highest BCUT2D eigenvalue weighted by Gasteiger charge is 2.17. The zero-order valence-electron chi connectivity index (χ0n) is 7.45. The van der Waals surface area contributed by atoms with Gasteiger partial charge in [0.1, 0.15) is 0 Å². The quantitative estimate of drug-likeness (QED) is 0.305. The number of nitrogens with zero attached hydrogens (tertiary/aromatic N) is 2. The molecule has 1 N–H and O–H groups in total. The van der Waals surface area contributed by atoms with E-state index in [1.54, 1.807) is 0 Å². The second-order valence-electron chi connectivity index (χ2n) is 3.36. The van der Waals surface area contributed by atoms with Crippen molar-refractivity contribution in [3.63, 3.8) is 0 Å². The molecule has 0 radical (unpaired) electrons. The van der Waals surface area contributed by atoms with Crippen molar-refractivity contribution in [3.05, 3.63) is 15.3 Å². The molecule has 0 aromatic rings. The predicted molar refractivity (Wildman–Crippen MR) is 45.1 cm³/mol. The molecule has 0 aromatic carbocycles. The molecule has 6 heteroatoms. The van der Waals surface area contributed by atoms with Crippen molar-refractivity contribution in [1.82, 2.24) is 5.32 Å². The van der Waals surface area contributed by atoms with Crippen molar-refractivity contribution in [1.29, 1.82) is 0 Å². The fourth-order valence-electron chi connectivity index (χ4n) is 1.00. The maximum Gasteiger partial charge on any atom is 0.0909 e. The van der Waals surface area contributed by atoms with Crippen molar-refractivity contribution >= 4 is 0 Å². The van der Waals surface area contributed by atoms with Crippen LogP contribution in [0.3, 0.4) is 0 Å². The van der Waals surface area contributed by atoms with Gasteiger partial charge in [-0.1, -0.05) is 0 Å². The lowest BCUT2D eigenvalue weighted by atomic mass is 10.3. The Kier molecular flexibility index (Phi) is 4.53. The third-order valence-electron chi connectivity index (χ3n) is 1.79.